The number of hydrogen-bond acceptors (Lipinski definition) is 13. The quantitative estimate of drug-likeness (QED) is 0.0375. The molecule has 1 aromatic heterocycles. The van der Waals surface area contributed by atoms with Gasteiger partial charge in [0.25, 0.3) is 5.91 Å². The molecule has 0 aliphatic rings. The minimum Gasteiger partial charge on any atom is -0.446 e. The minimum absolute atomic E-state index is 0.00658. The van der Waals surface area contributed by atoms with Crippen LogP contribution in [0, 0.1) is 17.8 Å². The van der Waals surface area contributed by atoms with Gasteiger partial charge in [0.1, 0.15) is 36.2 Å². The predicted molar refractivity (Wildman–Crippen MR) is 249 cm³/mol. The van der Waals surface area contributed by atoms with Crippen LogP contribution in [0.5, 0.6) is 0 Å². The van der Waals surface area contributed by atoms with Gasteiger partial charge in [-0.15, -0.1) is 11.3 Å². The molecule has 6 N–H and O–H groups in total. The van der Waals surface area contributed by atoms with Gasteiger partial charge >= 0.3 is 6.09 Å². The van der Waals surface area contributed by atoms with Gasteiger partial charge in [-0.25, -0.2) is 15.2 Å². The number of ether oxygens (including phenoxy) is 4. The minimum atomic E-state index is -0.834. The molecule has 0 saturated carbocycles. The third-order valence-electron chi connectivity index (χ3n) is 10.9. The lowest BCUT2D eigenvalue weighted by Crippen LogP contribution is -2.58. The highest BCUT2D eigenvalue weighted by Gasteiger charge is 2.38. The van der Waals surface area contributed by atoms with Crippen LogP contribution < -0.4 is 27.2 Å². The lowest BCUT2D eigenvalue weighted by molar-refractivity contribution is -0.149. The van der Waals surface area contributed by atoms with Crippen molar-refractivity contribution >= 4 is 41.1 Å². The first kappa shape index (κ1) is 55.9. The summed E-state index contributed by atoms with van der Waals surface area (Å²) in [6, 6.07) is 7.63. The topological polar surface area (TPSA) is 216 Å². The Morgan fingerprint density at radius 3 is 2.17 bits per heavy atom. The fraction of sp³-hybridized carbons (Fsp3) is 0.696. The number of nitrogens with two attached hydrogens (primary N) is 1. The van der Waals surface area contributed by atoms with Crippen molar-refractivity contribution in [3.63, 3.8) is 0 Å². The van der Waals surface area contributed by atoms with Crippen LogP contribution in [-0.4, -0.2) is 129 Å². The van der Waals surface area contributed by atoms with E-state index in [0.717, 1.165) is 18.4 Å². The summed E-state index contributed by atoms with van der Waals surface area (Å²) >= 11 is 1.31. The van der Waals surface area contributed by atoms with E-state index in [1.54, 1.807) is 17.2 Å². The smallest absolute Gasteiger partial charge is 0.426 e. The first-order valence-electron chi connectivity index (χ1n) is 22.9. The molecule has 2 aromatic rings. The highest BCUT2D eigenvalue weighted by Crippen LogP contribution is 2.32. The number of carbonyl (C=O) groups is 5. The van der Waals surface area contributed by atoms with Crippen LogP contribution in [0.4, 0.5) is 4.79 Å². The van der Waals surface area contributed by atoms with Gasteiger partial charge in [0, 0.05) is 49.6 Å². The van der Waals surface area contributed by atoms with Gasteiger partial charge in [-0.3, -0.25) is 29.5 Å². The summed E-state index contributed by atoms with van der Waals surface area (Å²) in [5.41, 5.74) is 11.2. The molecule has 0 fully saturated rings. The maximum Gasteiger partial charge on any atom is 0.426 e. The van der Waals surface area contributed by atoms with E-state index in [9.17, 15) is 24.0 Å². The fourth-order valence-corrected chi connectivity index (χ4v) is 7.93. The molecule has 0 spiro atoms. The Hall–Kier alpha value is -4.20. The zero-order chi connectivity index (χ0) is 47.6. The lowest BCUT2D eigenvalue weighted by atomic mass is 9.92. The first-order chi connectivity index (χ1) is 30.6. The fourth-order valence-electron chi connectivity index (χ4n) is 7.08. The predicted octanol–water partition coefficient (Wildman–Crippen LogP) is 5.21. The van der Waals surface area contributed by atoms with Gasteiger partial charge in [0.2, 0.25) is 17.7 Å². The van der Waals surface area contributed by atoms with E-state index in [1.807, 2.05) is 97.8 Å². The van der Waals surface area contributed by atoms with Crippen LogP contribution in [0.3, 0.4) is 0 Å². The van der Waals surface area contributed by atoms with Crippen molar-refractivity contribution in [3.8, 4) is 0 Å². The number of carbonyl (C=O) groups excluding carboxylic acids is 5. The van der Waals surface area contributed by atoms with E-state index < -0.39 is 42.0 Å². The summed E-state index contributed by atoms with van der Waals surface area (Å²) in [4.78, 5) is 76.0. The van der Waals surface area contributed by atoms with Crippen molar-refractivity contribution in [1.29, 1.82) is 0 Å². The molecule has 0 bridgehead atoms. The Morgan fingerprint density at radius 1 is 0.844 bits per heavy atom. The van der Waals surface area contributed by atoms with Crippen molar-refractivity contribution in [3.05, 3.63) is 52.0 Å². The SMILES string of the molecule is CCCOC(CC(C(C)C)N(COCC)C(=O)C(NC(=O)C(CCC)N(C)C)C(C)CC)c1nc(C(=O)NC(Cc2ccccc2)CC(C)C(=O)NNC(=O)OCCOCCN)cs1. The number of thiazole rings is 1. The molecule has 64 heavy (non-hydrogen) atoms. The van der Waals surface area contributed by atoms with E-state index in [2.05, 4.69) is 21.5 Å². The molecular weight excluding hydrogens is 841 g/mol. The van der Waals surface area contributed by atoms with Gasteiger partial charge in [-0.05, 0) is 64.1 Å². The Balaban J connectivity index is 2.35. The molecule has 1 aromatic carbocycles. The third kappa shape index (κ3) is 19.5. The van der Waals surface area contributed by atoms with Gasteiger partial charge in [0.15, 0.2) is 0 Å². The molecule has 0 aliphatic heterocycles. The molecule has 2 rings (SSSR count). The maximum atomic E-state index is 14.7. The van der Waals surface area contributed by atoms with Crippen LogP contribution in [0.15, 0.2) is 35.7 Å². The molecular formula is C46H78N8O9S. The number of likely N-dealkylation sites (N-methyl/N-ethyl adjacent to an activating group) is 1. The monoisotopic (exact) mass is 919 g/mol. The molecule has 1 heterocycles. The van der Waals surface area contributed by atoms with E-state index in [4.69, 9.17) is 29.7 Å². The van der Waals surface area contributed by atoms with E-state index in [-0.39, 0.29) is 67.8 Å². The van der Waals surface area contributed by atoms with Crippen molar-refractivity contribution in [1.82, 2.24) is 36.3 Å². The summed E-state index contributed by atoms with van der Waals surface area (Å²) in [6.45, 7) is 17.4. The van der Waals surface area contributed by atoms with E-state index in [0.29, 0.717) is 57.1 Å². The molecule has 7 unspecified atom stereocenters. The third-order valence-corrected chi connectivity index (χ3v) is 11.9. The average molecular weight is 919 g/mol. The molecule has 362 valence electrons. The average Bonchev–Trinajstić information content (AvgIpc) is 3.77. The Kier molecular flexibility index (Phi) is 27.0. The molecule has 0 radical (unpaired) electrons. The number of nitrogens with one attached hydrogen (secondary N) is 4. The number of amides is 5. The number of hydrogen-bond donors (Lipinski definition) is 5. The summed E-state index contributed by atoms with van der Waals surface area (Å²) < 4.78 is 22.6. The standard InChI is InChI=1S/C46H78N8O9S/c1-11-18-37(53(9)10)43(57)50-40(32(7)13-3)45(58)54(30-60-14-4)38(31(5)6)28-39(62-22-12-2)44-49-36(29-64-44)42(56)48-35(27-34-19-16-15-17-20-34)26-33(8)41(55)51-52-46(59)63-25-24-61-23-21-47/h15-17,19-20,29,31-33,35,37-40H,11-14,18,21-28,30,47H2,1-10H3,(H,48,56)(H,50,57)(H,51,55)(H,52,59). The zero-order valence-corrected chi connectivity index (χ0v) is 40.8. The Morgan fingerprint density at radius 2 is 1.56 bits per heavy atom. The molecule has 17 nitrogen and oxygen atoms in total. The van der Waals surface area contributed by atoms with E-state index in [1.165, 1.54) is 11.3 Å². The van der Waals surface area contributed by atoms with Crippen LogP contribution in [0.25, 0.3) is 0 Å². The first-order valence-corrected chi connectivity index (χ1v) is 23.8. The molecule has 0 aliphatic carbocycles. The van der Waals surface area contributed by atoms with Gasteiger partial charge in [-0.2, -0.15) is 0 Å². The summed E-state index contributed by atoms with van der Waals surface area (Å²) in [6.07, 6.45) is 2.57. The zero-order valence-electron chi connectivity index (χ0n) is 40.0. The van der Waals surface area contributed by atoms with Crippen LogP contribution in [0.2, 0.25) is 0 Å². The molecule has 7 atom stereocenters. The highest BCUT2D eigenvalue weighted by atomic mass is 32.1. The number of aromatic nitrogens is 1. The summed E-state index contributed by atoms with van der Waals surface area (Å²) in [7, 11) is 3.75. The summed E-state index contributed by atoms with van der Waals surface area (Å²) in [5.74, 6) is -2.07. The summed E-state index contributed by atoms with van der Waals surface area (Å²) in [5, 5.41) is 8.50. The largest absolute Gasteiger partial charge is 0.446 e. The lowest BCUT2D eigenvalue weighted by Gasteiger charge is -2.39. The number of nitrogens with zero attached hydrogens (tertiary/aromatic N) is 3. The van der Waals surface area contributed by atoms with Crippen molar-refractivity contribution in [2.45, 2.75) is 131 Å². The van der Waals surface area contributed by atoms with Crippen LogP contribution >= 0.6 is 11.3 Å². The number of hydrazine groups is 1. The molecule has 0 saturated heterocycles. The number of benzene rings is 1. The molecule has 5 amide bonds. The second-order valence-electron chi connectivity index (χ2n) is 16.7. The van der Waals surface area contributed by atoms with E-state index >= 15 is 0 Å². The number of rotatable bonds is 31. The Bertz CT molecular complexity index is 1670. The van der Waals surface area contributed by atoms with Crippen molar-refractivity contribution < 1.29 is 42.9 Å². The normalized spacial score (nSPS) is 14.8. The van der Waals surface area contributed by atoms with Crippen molar-refractivity contribution in [2.24, 2.45) is 23.5 Å². The second kappa shape index (κ2) is 30.8. The Labute approximate surface area is 385 Å². The van der Waals surface area contributed by atoms with Crippen LogP contribution in [-0.2, 0) is 39.8 Å². The van der Waals surface area contributed by atoms with Gasteiger partial charge in [0.05, 0.1) is 19.3 Å². The van der Waals surface area contributed by atoms with Crippen molar-refractivity contribution in [2.75, 3.05) is 60.4 Å². The van der Waals surface area contributed by atoms with Gasteiger partial charge in [-0.1, -0.05) is 91.6 Å². The highest BCUT2D eigenvalue weighted by molar-refractivity contribution is 7.09. The maximum absolute atomic E-state index is 14.7. The molecule has 18 heteroatoms. The van der Waals surface area contributed by atoms with Gasteiger partial charge < -0.3 is 40.2 Å². The second-order valence-corrected chi connectivity index (χ2v) is 17.6. The van der Waals surface area contributed by atoms with Crippen LogP contribution in [0.1, 0.15) is 121 Å².